The van der Waals surface area contributed by atoms with Gasteiger partial charge < -0.3 is 10.4 Å². The smallest absolute Gasteiger partial charge is 0.328 e. The van der Waals surface area contributed by atoms with Crippen LogP contribution < -0.4 is 5.32 Å². The molecule has 0 spiro atoms. The maximum absolute atomic E-state index is 11.7. The van der Waals surface area contributed by atoms with Crippen LogP contribution >= 0.6 is 0 Å². The van der Waals surface area contributed by atoms with Gasteiger partial charge in [0.1, 0.15) is 0 Å². The van der Waals surface area contributed by atoms with Gasteiger partial charge in [-0.2, -0.15) is 0 Å². The van der Waals surface area contributed by atoms with Gasteiger partial charge in [-0.1, -0.05) is 58.1 Å². The number of fused-ring (bicyclic) bond motifs is 2. The second-order valence-electron chi connectivity index (χ2n) is 9.57. The number of nitrogens with one attached hydrogen (secondary N) is 1. The first-order valence-electron chi connectivity index (χ1n) is 10.6. The molecule has 1 aromatic rings. The van der Waals surface area contributed by atoms with Crippen LogP contribution in [0.5, 0.6) is 0 Å². The standard InChI is InChI=1S/C27H31NO3/c1-17(12-25(30)31)8-7-9-19-13-21(28-18(2)29)14-20-15-23-24(16-22(19)20)27(5,6)11-10-26(23,3)4/h7-12,14-16H,13H2,1-6H3,(H,28,29)(H,30,31). The molecule has 2 N–H and O–H groups in total. The number of hydrogen-bond acceptors (Lipinski definition) is 2. The summed E-state index contributed by atoms with van der Waals surface area (Å²) >= 11 is 0. The number of hydrogen-bond donors (Lipinski definition) is 2. The molecule has 162 valence electrons. The van der Waals surface area contributed by atoms with Gasteiger partial charge in [-0.05, 0) is 58.5 Å². The molecule has 0 saturated heterocycles. The quantitative estimate of drug-likeness (QED) is 0.377. The normalized spacial score (nSPS) is 20.3. The van der Waals surface area contributed by atoms with E-state index >= 15 is 0 Å². The first-order chi connectivity index (χ1) is 14.4. The average molecular weight is 418 g/mol. The molecular formula is C27H31NO3. The van der Waals surface area contributed by atoms with Crippen molar-refractivity contribution >= 4 is 23.5 Å². The number of carboxylic acid groups (broad SMARTS) is 1. The molecule has 31 heavy (non-hydrogen) atoms. The molecule has 3 rings (SSSR count). The Bertz CT molecular complexity index is 1090. The van der Waals surface area contributed by atoms with Crippen LogP contribution in [0, 0.1) is 0 Å². The summed E-state index contributed by atoms with van der Waals surface area (Å²) in [4.78, 5) is 22.6. The third-order valence-corrected chi connectivity index (χ3v) is 5.90. The summed E-state index contributed by atoms with van der Waals surface area (Å²) in [5.74, 6) is -1.05. The number of aliphatic carboxylic acids is 1. The number of carbonyl (C=O) groups is 2. The Balaban J connectivity index is 2.14. The zero-order valence-corrected chi connectivity index (χ0v) is 19.2. The Morgan fingerprint density at radius 3 is 2.23 bits per heavy atom. The number of carbonyl (C=O) groups excluding carboxylic acids is 1. The Kier molecular flexibility index (Phi) is 5.95. The minimum Gasteiger partial charge on any atom is -0.478 e. The summed E-state index contributed by atoms with van der Waals surface area (Å²) < 4.78 is 0. The molecule has 0 heterocycles. The maximum atomic E-state index is 11.7. The predicted molar refractivity (Wildman–Crippen MR) is 127 cm³/mol. The molecule has 0 aromatic heterocycles. The van der Waals surface area contributed by atoms with Crippen LogP contribution in [0.3, 0.4) is 0 Å². The van der Waals surface area contributed by atoms with Gasteiger partial charge in [0.2, 0.25) is 5.91 Å². The van der Waals surface area contributed by atoms with E-state index < -0.39 is 5.97 Å². The van der Waals surface area contributed by atoms with Crippen LogP contribution in [0.4, 0.5) is 0 Å². The molecule has 0 fully saturated rings. The number of benzene rings is 1. The summed E-state index contributed by atoms with van der Waals surface area (Å²) in [6, 6.07) is 4.54. The van der Waals surface area contributed by atoms with Gasteiger partial charge >= 0.3 is 5.97 Å². The highest BCUT2D eigenvalue weighted by atomic mass is 16.4. The fourth-order valence-corrected chi connectivity index (χ4v) is 4.23. The second-order valence-corrected chi connectivity index (χ2v) is 9.57. The maximum Gasteiger partial charge on any atom is 0.328 e. The van der Waals surface area contributed by atoms with Crippen LogP contribution in [0.1, 0.15) is 70.2 Å². The molecule has 4 heteroatoms. The summed E-state index contributed by atoms with van der Waals surface area (Å²) in [6.45, 7) is 12.2. The van der Waals surface area contributed by atoms with E-state index in [9.17, 15) is 9.59 Å². The van der Waals surface area contributed by atoms with Gasteiger partial charge in [-0.15, -0.1) is 0 Å². The molecule has 0 aliphatic heterocycles. The molecular weight excluding hydrogens is 386 g/mol. The van der Waals surface area contributed by atoms with Gasteiger partial charge in [0, 0.05) is 35.9 Å². The van der Waals surface area contributed by atoms with E-state index in [1.165, 1.54) is 24.1 Å². The first kappa shape index (κ1) is 22.5. The van der Waals surface area contributed by atoms with Crippen molar-refractivity contribution in [3.8, 4) is 0 Å². The van der Waals surface area contributed by atoms with Crippen molar-refractivity contribution in [3.63, 3.8) is 0 Å². The van der Waals surface area contributed by atoms with Crippen LogP contribution in [-0.4, -0.2) is 17.0 Å². The van der Waals surface area contributed by atoms with Gasteiger partial charge in [0.05, 0.1) is 0 Å². The van der Waals surface area contributed by atoms with Crippen molar-refractivity contribution in [2.45, 2.75) is 58.8 Å². The Labute approximate surface area is 184 Å². The van der Waals surface area contributed by atoms with E-state index in [2.05, 4.69) is 63.4 Å². The predicted octanol–water partition coefficient (Wildman–Crippen LogP) is 5.66. The highest BCUT2D eigenvalue weighted by Gasteiger charge is 2.34. The second kappa shape index (κ2) is 8.18. The van der Waals surface area contributed by atoms with Crippen LogP contribution in [0.25, 0.3) is 11.6 Å². The lowest BCUT2D eigenvalue weighted by Gasteiger charge is -2.38. The highest BCUT2D eigenvalue weighted by Crippen LogP contribution is 2.45. The van der Waals surface area contributed by atoms with E-state index in [0.717, 1.165) is 22.4 Å². The van der Waals surface area contributed by atoms with Crippen LogP contribution in [0.2, 0.25) is 0 Å². The van der Waals surface area contributed by atoms with E-state index in [1.54, 1.807) is 13.0 Å². The molecule has 0 saturated carbocycles. The number of amides is 1. The minimum absolute atomic E-state index is 0.0662. The average Bonchev–Trinajstić information content (AvgIpc) is 2.63. The lowest BCUT2D eigenvalue weighted by molar-refractivity contribution is -0.131. The zero-order valence-electron chi connectivity index (χ0n) is 19.2. The van der Waals surface area contributed by atoms with Gasteiger partial charge in [-0.3, -0.25) is 4.79 Å². The third kappa shape index (κ3) is 4.96. The molecule has 1 amide bonds. The SMILES string of the molecule is CC(=O)NC1=Cc2cc3c(cc2C(=CC=CC(C)=CC(=O)O)C1)C(C)(C)C=CC3(C)C. The van der Waals surface area contributed by atoms with Crippen molar-refractivity contribution < 1.29 is 14.7 Å². The molecule has 0 radical (unpaired) electrons. The van der Waals surface area contributed by atoms with E-state index in [0.29, 0.717) is 12.0 Å². The summed E-state index contributed by atoms with van der Waals surface area (Å²) in [7, 11) is 0. The molecule has 1 aromatic carbocycles. The van der Waals surface area contributed by atoms with E-state index in [1.807, 2.05) is 12.2 Å². The molecule has 2 aliphatic carbocycles. The summed E-state index contributed by atoms with van der Waals surface area (Å²) in [5, 5.41) is 11.9. The van der Waals surface area contributed by atoms with Crippen molar-refractivity contribution in [3.05, 3.63) is 82.1 Å². The lowest BCUT2D eigenvalue weighted by atomic mass is 9.66. The fraction of sp³-hybridized carbons (Fsp3) is 0.333. The van der Waals surface area contributed by atoms with Gasteiger partial charge in [0.15, 0.2) is 0 Å². The lowest BCUT2D eigenvalue weighted by Crippen LogP contribution is -2.30. The number of carboxylic acids is 1. The first-order valence-corrected chi connectivity index (χ1v) is 10.6. The van der Waals surface area contributed by atoms with Gasteiger partial charge in [-0.25, -0.2) is 4.79 Å². The van der Waals surface area contributed by atoms with Crippen LogP contribution in [0.15, 0.2) is 59.9 Å². The zero-order chi connectivity index (χ0) is 23.0. The monoisotopic (exact) mass is 417 g/mol. The van der Waals surface area contributed by atoms with Crippen molar-refractivity contribution in [1.29, 1.82) is 0 Å². The Morgan fingerprint density at radius 2 is 1.65 bits per heavy atom. The molecule has 0 bridgehead atoms. The molecule has 4 nitrogen and oxygen atoms in total. The largest absolute Gasteiger partial charge is 0.478 e. The topological polar surface area (TPSA) is 66.4 Å². The van der Waals surface area contributed by atoms with Crippen LogP contribution in [-0.2, 0) is 20.4 Å². The third-order valence-electron chi connectivity index (χ3n) is 5.90. The summed E-state index contributed by atoms with van der Waals surface area (Å²) in [5.41, 5.74) is 7.33. The van der Waals surface area contributed by atoms with E-state index in [4.69, 9.17) is 5.11 Å². The van der Waals surface area contributed by atoms with Crippen molar-refractivity contribution in [1.82, 2.24) is 5.32 Å². The fourth-order valence-electron chi connectivity index (χ4n) is 4.23. The Hall–Kier alpha value is -3.14. The Morgan fingerprint density at radius 1 is 1.03 bits per heavy atom. The van der Waals surface area contributed by atoms with Crippen molar-refractivity contribution in [2.24, 2.45) is 0 Å². The number of allylic oxidation sites excluding steroid dienone is 7. The molecule has 2 aliphatic rings. The molecule has 0 unspecified atom stereocenters. The number of rotatable bonds is 4. The highest BCUT2D eigenvalue weighted by molar-refractivity contribution is 5.86. The minimum atomic E-state index is -0.960. The van der Waals surface area contributed by atoms with Gasteiger partial charge in [0.25, 0.3) is 0 Å². The summed E-state index contributed by atoms with van der Waals surface area (Å²) in [6.07, 6.45) is 14.1. The molecule has 0 atom stereocenters. The van der Waals surface area contributed by atoms with Crippen molar-refractivity contribution in [2.75, 3.05) is 0 Å². The van der Waals surface area contributed by atoms with E-state index in [-0.39, 0.29) is 16.7 Å².